The van der Waals surface area contributed by atoms with Gasteiger partial charge in [-0.2, -0.15) is 0 Å². The van der Waals surface area contributed by atoms with Gasteiger partial charge in [-0.25, -0.2) is 9.78 Å². The van der Waals surface area contributed by atoms with E-state index < -0.39 is 5.60 Å². The Morgan fingerprint density at radius 2 is 2.08 bits per heavy atom. The highest BCUT2D eigenvalue weighted by atomic mass is 16.6. The number of hydrogen-bond acceptors (Lipinski definition) is 4. The zero-order chi connectivity index (χ0) is 18.2. The summed E-state index contributed by atoms with van der Waals surface area (Å²) >= 11 is 0. The van der Waals surface area contributed by atoms with Crippen molar-refractivity contribution in [2.24, 2.45) is 7.05 Å². The topological polar surface area (TPSA) is 56.6 Å². The molecule has 0 saturated heterocycles. The first kappa shape index (κ1) is 17.3. The highest BCUT2D eigenvalue weighted by Crippen LogP contribution is 2.32. The fourth-order valence-corrected chi connectivity index (χ4v) is 2.96. The number of aromatic nitrogens is 2. The van der Waals surface area contributed by atoms with E-state index in [0.29, 0.717) is 19.0 Å². The molecule has 1 aliphatic heterocycles. The lowest BCUT2D eigenvalue weighted by molar-refractivity contribution is 0.0270. The summed E-state index contributed by atoms with van der Waals surface area (Å²) in [6.45, 7) is 6.78. The lowest BCUT2D eigenvalue weighted by Crippen LogP contribution is -2.39. The summed E-state index contributed by atoms with van der Waals surface area (Å²) < 4.78 is 13.0. The number of aryl methyl sites for hydroxylation is 1. The SMILES string of the molecule is COc1nc2ccn(C)c2cc1C1=CCN(C(=O)OC(C)(C)C)CC1. The van der Waals surface area contributed by atoms with E-state index in [0.717, 1.165) is 28.6 Å². The van der Waals surface area contributed by atoms with E-state index in [1.807, 2.05) is 44.6 Å². The monoisotopic (exact) mass is 343 g/mol. The number of carbonyl (C=O) groups excluding carboxylic acids is 1. The van der Waals surface area contributed by atoms with E-state index in [1.165, 1.54) is 0 Å². The van der Waals surface area contributed by atoms with E-state index in [2.05, 4.69) is 17.1 Å². The Labute approximate surface area is 148 Å². The number of ether oxygens (including phenoxy) is 2. The van der Waals surface area contributed by atoms with Gasteiger partial charge in [-0.3, -0.25) is 0 Å². The summed E-state index contributed by atoms with van der Waals surface area (Å²) in [6.07, 6.45) is 4.51. The molecule has 25 heavy (non-hydrogen) atoms. The van der Waals surface area contributed by atoms with Gasteiger partial charge in [0.1, 0.15) is 5.60 Å². The molecular weight excluding hydrogens is 318 g/mol. The smallest absolute Gasteiger partial charge is 0.410 e. The molecule has 0 atom stereocenters. The number of fused-ring (bicyclic) bond motifs is 1. The maximum Gasteiger partial charge on any atom is 0.410 e. The molecule has 0 fully saturated rings. The largest absolute Gasteiger partial charge is 0.481 e. The molecule has 1 amide bonds. The van der Waals surface area contributed by atoms with E-state index in [9.17, 15) is 4.79 Å². The average Bonchev–Trinajstić information content (AvgIpc) is 2.92. The van der Waals surface area contributed by atoms with Crippen LogP contribution in [0.25, 0.3) is 16.6 Å². The van der Waals surface area contributed by atoms with Crippen molar-refractivity contribution in [2.75, 3.05) is 20.2 Å². The minimum absolute atomic E-state index is 0.272. The fourth-order valence-electron chi connectivity index (χ4n) is 2.96. The fraction of sp³-hybridized carbons (Fsp3) is 0.474. The summed E-state index contributed by atoms with van der Waals surface area (Å²) in [4.78, 5) is 18.5. The molecule has 0 aromatic carbocycles. The summed E-state index contributed by atoms with van der Waals surface area (Å²) in [5, 5.41) is 0. The molecule has 0 saturated carbocycles. The van der Waals surface area contributed by atoms with Crippen LogP contribution in [0.3, 0.4) is 0 Å². The molecule has 0 unspecified atom stereocenters. The van der Waals surface area contributed by atoms with Crippen molar-refractivity contribution in [1.82, 2.24) is 14.5 Å². The molecule has 3 heterocycles. The van der Waals surface area contributed by atoms with Gasteiger partial charge in [-0.1, -0.05) is 6.08 Å². The van der Waals surface area contributed by atoms with Gasteiger partial charge in [0, 0.05) is 31.9 Å². The highest BCUT2D eigenvalue weighted by Gasteiger charge is 2.25. The third kappa shape index (κ3) is 3.62. The van der Waals surface area contributed by atoms with Crippen LogP contribution in [0.4, 0.5) is 4.79 Å². The van der Waals surface area contributed by atoms with Gasteiger partial charge >= 0.3 is 6.09 Å². The van der Waals surface area contributed by atoms with Gasteiger partial charge in [0.25, 0.3) is 0 Å². The molecular formula is C19H25N3O3. The van der Waals surface area contributed by atoms with Crippen LogP contribution in [0.2, 0.25) is 0 Å². The van der Waals surface area contributed by atoms with Crippen molar-refractivity contribution in [1.29, 1.82) is 0 Å². The number of rotatable bonds is 2. The molecule has 6 heteroatoms. The molecule has 0 radical (unpaired) electrons. The average molecular weight is 343 g/mol. The number of pyridine rings is 1. The first-order chi connectivity index (χ1) is 11.8. The minimum atomic E-state index is -0.480. The second kappa shape index (κ2) is 6.43. The van der Waals surface area contributed by atoms with Crippen LogP contribution >= 0.6 is 0 Å². The Balaban J connectivity index is 1.85. The maximum atomic E-state index is 12.2. The van der Waals surface area contributed by atoms with Gasteiger partial charge in [-0.15, -0.1) is 0 Å². The first-order valence-corrected chi connectivity index (χ1v) is 8.46. The van der Waals surface area contributed by atoms with Crippen LogP contribution in [0, 0.1) is 0 Å². The molecule has 0 bridgehead atoms. The van der Waals surface area contributed by atoms with E-state index in [1.54, 1.807) is 12.0 Å². The summed E-state index contributed by atoms with van der Waals surface area (Å²) in [5.74, 6) is 0.621. The van der Waals surface area contributed by atoms with Crippen LogP contribution in [0.5, 0.6) is 5.88 Å². The minimum Gasteiger partial charge on any atom is -0.481 e. The van der Waals surface area contributed by atoms with Crippen molar-refractivity contribution in [3.63, 3.8) is 0 Å². The van der Waals surface area contributed by atoms with Crippen LogP contribution in [0.15, 0.2) is 24.4 Å². The lowest BCUT2D eigenvalue weighted by Gasteiger charge is -2.29. The molecule has 0 spiro atoms. The van der Waals surface area contributed by atoms with Crippen LogP contribution in [0.1, 0.15) is 32.8 Å². The van der Waals surface area contributed by atoms with E-state index in [-0.39, 0.29) is 6.09 Å². The zero-order valence-corrected chi connectivity index (χ0v) is 15.5. The van der Waals surface area contributed by atoms with Crippen molar-refractivity contribution in [2.45, 2.75) is 32.8 Å². The quantitative estimate of drug-likeness (QED) is 0.836. The second-order valence-electron chi connectivity index (χ2n) is 7.28. The summed E-state index contributed by atoms with van der Waals surface area (Å²) in [7, 11) is 3.64. The lowest BCUT2D eigenvalue weighted by atomic mass is 10.00. The van der Waals surface area contributed by atoms with Crippen LogP contribution in [-0.2, 0) is 11.8 Å². The third-order valence-electron chi connectivity index (χ3n) is 4.23. The molecule has 2 aromatic heterocycles. The molecule has 6 nitrogen and oxygen atoms in total. The highest BCUT2D eigenvalue weighted by molar-refractivity contribution is 5.84. The standard InChI is InChI=1S/C19H25N3O3/c1-19(2,3)25-18(23)22-10-6-13(7-11-22)14-12-16-15(8-9-21(16)4)20-17(14)24-5/h6,8-9,12H,7,10-11H2,1-5H3. The van der Waals surface area contributed by atoms with E-state index in [4.69, 9.17) is 9.47 Å². The van der Waals surface area contributed by atoms with Gasteiger partial charge in [0.05, 0.1) is 18.1 Å². The number of methoxy groups -OCH3 is 1. The number of carbonyl (C=O) groups is 1. The molecule has 0 N–H and O–H groups in total. The van der Waals surface area contributed by atoms with Crippen molar-refractivity contribution < 1.29 is 14.3 Å². The summed E-state index contributed by atoms with van der Waals surface area (Å²) in [6, 6.07) is 4.08. The Hall–Kier alpha value is -2.50. The Kier molecular flexibility index (Phi) is 4.45. The second-order valence-corrected chi connectivity index (χ2v) is 7.28. The third-order valence-corrected chi connectivity index (χ3v) is 4.23. The molecule has 3 rings (SSSR count). The Morgan fingerprint density at radius 1 is 1.32 bits per heavy atom. The predicted octanol–water partition coefficient (Wildman–Crippen LogP) is 3.61. The van der Waals surface area contributed by atoms with Crippen LogP contribution < -0.4 is 4.74 Å². The molecule has 0 aliphatic carbocycles. The van der Waals surface area contributed by atoms with Crippen molar-refractivity contribution in [3.8, 4) is 5.88 Å². The van der Waals surface area contributed by atoms with Crippen molar-refractivity contribution in [3.05, 3.63) is 30.0 Å². The van der Waals surface area contributed by atoms with Gasteiger partial charge < -0.3 is 18.9 Å². The molecule has 2 aromatic rings. The first-order valence-electron chi connectivity index (χ1n) is 8.46. The Morgan fingerprint density at radius 3 is 2.68 bits per heavy atom. The predicted molar refractivity (Wildman–Crippen MR) is 97.7 cm³/mol. The normalized spacial score (nSPS) is 15.2. The number of amides is 1. The van der Waals surface area contributed by atoms with Gasteiger partial charge in [0.15, 0.2) is 0 Å². The molecule has 1 aliphatic rings. The zero-order valence-electron chi connectivity index (χ0n) is 15.5. The Bertz CT molecular complexity index is 830. The summed E-state index contributed by atoms with van der Waals surface area (Å²) in [5.41, 5.74) is 3.63. The van der Waals surface area contributed by atoms with Crippen LogP contribution in [-0.4, -0.2) is 46.3 Å². The van der Waals surface area contributed by atoms with Gasteiger partial charge in [0.2, 0.25) is 5.88 Å². The van der Waals surface area contributed by atoms with Crippen molar-refractivity contribution >= 4 is 22.7 Å². The number of nitrogens with zero attached hydrogens (tertiary/aromatic N) is 3. The molecule has 134 valence electrons. The maximum absolute atomic E-state index is 12.2. The number of hydrogen-bond donors (Lipinski definition) is 0. The van der Waals surface area contributed by atoms with E-state index >= 15 is 0 Å². The van der Waals surface area contributed by atoms with Gasteiger partial charge in [-0.05, 0) is 44.9 Å².